The van der Waals surface area contributed by atoms with E-state index in [1.165, 1.54) is 12.1 Å². The molecule has 3 N–H and O–H groups in total. The van der Waals surface area contributed by atoms with Gasteiger partial charge in [-0.3, -0.25) is 4.79 Å². The van der Waals surface area contributed by atoms with Crippen molar-refractivity contribution in [3.05, 3.63) is 29.6 Å². The predicted molar refractivity (Wildman–Crippen MR) is 78.0 cm³/mol. The van der Waals surface area contributed by atoms with Crippen LogP contribution in [0.25, 0.3) is 0 Å². The van der Waals surface area contributed by atoms with Gasteiger partial charge >= 0.3 is 11.9 Å². The summed E-state index contributed by atoms with van der Waals surface area (Å²) >= 11 is 0. The average Bonchev–Trinajstić information content (AvgIpc) is 2.48. The molecule has 0 radical (unpaired) electrons. The van der Waals surface area contributed by atoms with Crippen molar-refractivity contribution >= 4 is 17.6 Å². The maximum Gasteiger partial charge on any atom is 0.394 e. The van der Waals surface area contributed by atoms with Crippen molar-refractivity contribution in [2.75, 3.05) is 18.0 Å². The van der Waals surface area contributed by atoms with Gasteiger partial charge in [0.25, 0.3) is 0 Å². The fraction of sp³-hybridized carbons (Fsp3) is 0.467. The Kier molecular flexibility index (Phi) is 4.97. The van der Waals surface area contributed by atoms with Crippen LogP contribution in [-0.2, 0) is 9.59 Å². The number of halogens is 1. The maximum atomic E-state index is 13.5. The van der Waals surface area contributed by atoms with E-state index in [0.29, 0.717) is 31.5 Å². The molecule has 120 valence electrons. The molecule has 1 atom stereocenters. The molecule has 1 amide bonds. The lowest BCUT2D eigenvalue weighted by molar-refractivity contribution is -0.150. The largest absolute Gasteiger partial charge is 0.474 e. The lowest BCUT2D eigenvalue weighted by Crippen LogP contribution is -2.38. The summed E-state index contributed by atoms with van der Waals surface area (Å²) in [5.41, 5.74) is 1.26. The first kappa shape index (κ1) is 16.2. The number of carboxylic acid groups (broad SMARTS) is 1. The quantitative estimate of drug-likeness (QED) is 0.726. The van der Waals surface area contributed by atoms with Crippen molar-refractivity contribution in [2.45, 2.75) is 31.9 Å². The number of aliphatic hydroxyl groups excluding tert-OH is 1. The van der Waals surface area contributed by atoms with Gasteiger partial charge in [-0.15, -0.1) is 0 Å². The van der Waals surface area contributed by atoms with Gasteiger partial charge in [0.15, 0.2) is 0 Å². The number of amides is 1. The number of hydrogen-bond acceptors (Lipinski definition) is 4. The summed E-state index contributed by atoms with van der Waals surface area (Å²) in [5.74, 6) is -3.16. The Bertz CT molecular complexity index is 571. The minimum atomic E-state index is -1.58. The maximum absolute atomic E-state index is 13.5. The second-order valence-electron chi connectivity index (χ2n) is 5.42. The minimum Gasteiger partial charge on any atom is -0.474 e. The van der Waals surface area contributed by atoms with E-state index in [-0.39, 0.29) is 6.10 Å². The molecule has 1 aliphatic heterocycles. The van der Waals surface area contributed by atoms with E-state index in [0.717, 1.165) is 5.69 Å². The van der Waals surface area contributed by atoms with Crippen LogP contribution in [0.3, 0.4) is 0 Å². The fourth-order valence-electron chi connectivity index (χ4n) is 2.60. The molecule has 0 aliphatic carbocycles. The van der Waals surface area contributed by atoms with Crippen LogP contribution in [0.5, 0.6) is 0 Å². The molecule has 1 aromatic carbocycles. The number of piperidine rings is 1. The van der Waals surface area contributed by atoms with Crippen LogP contribution < -0.4 is 10.2 Å². The minimum absolute atomic E-state index is 0.329. The molecule has 2 rings (SSSR count). The monoisotopic (exact) mass is 310 g/mol. The Morgan fingerprint density at radius 2 is 2.00 bits per heavy atom. The molecule has 7 heteroatoms. The highest BCUT2D eigenvalue weighted by atomic mass is 19.1. The van der Waals surface area contributed by atoms with Crippen LogP contribution in [-0.4, -0.2) is 41.3 Å². The number of benzene rings is 1. The van der Waals surface area contributed by atoms with Crippen molar-refractivity contribution in [1.82, 2.24) is 5.32 Å². The summed E-state index contributed by atoms with van der Waals surface area (Å²) in [5, 5.41) is 20.6. The van der Waals surface area contributed by atoms with E-state index in [4.69, 9.17) is 5.11 Å². The number of carbonyl (C=O) groups is 2. The number of rotatable bonds is 3. The third-order valence-electron chi connectivity index (χ3n) is 3.80. The Hall–Kier alpha value is -2.15. The van der Waals surface area contributed by atoms with Crippen LogP contribution in [0.15, 0.2) is 18.2 Å². The van der Waals surface area contributed by atoms with Gasteiger partial charge in [-0.2, -0.15) is 0 Å². The zero-order chi connectivity index (χ0) is 16.3. The van der Waals surface area contributed by atoms with Crippen LogP contribution in [0.4, 0.5) is 10.1 Å². The molecule has 0 bridgehead atoms. The Morgan fingerprint density at radius 1 is 1.36 bits per heavy atom. The molecule has 1 saturated heterocycles. The van der Waals surface area contributed by atoms with Crippen molar-refractivity contribution in [3.63, 3.8) is 0 Å². The number of nitrogens with one attached hydrogen (secondary N) is 1. The van der Waals surface area contributed by atoms with E-state index >= 15 is 0 Å². The highest BCUT2D eigenvalue weighted by Crippen LogP contribution is 2.29. The van der Waals surface area contributed by atoms with Crippen molar-refractivity contribution in [1.29, 1.82) is 0 Å². The first-order valence-electron chi connectivity index (χ1n) is 7.14. The molecule has 1 aliphatic rings. The lowest BCUT2D eigenvalue weighted by Gasteiger charge is -2.34. The third kappa shape index (κ3) is 3.73. The molecule has 1 fully saturated rings. The van der Waals surface area contributed by atoms with Crippen molar-refractivity contribution < 1.29 is 24.2 Å². The molecule has 0 spiro atoms. The normalized spacial score (nSPS) is 17.1. The van der Waals surface area contributed by atoms with Crippen LogP contribution in [0.1, 0.15) is 31.4 Å². The molecular formula is C15H19FN2O4. The molecule has 6 nitrogen and oxygen atoms in total. The molecule has 0 unspecified atom stereocenters. The topological polar surface area (TPSA) is 89.9 Å². The number of aliphatic hydroxyl groups is 1. The van der Waals surface area contributed by atoms with Gasteiger partial charge in [0.2, 0.25) is 0 Å². The Morgan fingerprint density at radius 3 is 2.59 bits per heavy atom. The van der Waals surface area contributed by atoms with Crippen LogP contribution >= 0.6 is 0 Å². The average molecular weight is 310 g/mol. The number of carboxylic acids is 1. The first-order valence-corrected chi connectivity index (χ1v) is 7.14. The summed E-state index contributed by atoms with van der Waals surface area (Å²) in [6.07, 6.45) is 0.906. The van der Waals surface area contributed by atoms with E-state index in [1.807, 2.05) is 4.90 Å². The second-order valence-corrected chi connectivity index (χ2v) is 5.42. The molecule has 22 heavy (non-hydrogen) atoms. The highest BCUT2D eigenvalue weighted by Gasteiger charge is 2.23. The summed E-state index contributed by atoms with van der Waals surface area (Å²) in [6, 6.07) is 3.61. The number of hydrogen-bond donors (Lipinski definition) is 3. The summed E-state index contributed by atoms with van der Waals surface area (Å²) < 4.78 is 13.5. The van der Waals surface area contributed by atoms with Crippen molar-refractivity contribution in [2.24, 2.45) is 0 Å². The van der Waals surface area contributed by atoms with Gasteiger partial charge in [-0.25, -0.2) is 9.18 Å². The fourth-order valence-corrected chi connectivity index (χ4v) is 2.60. The van der Waals surface area contributed by atoms with E-state index in [1.54, 1.807) is 13.0 Å². The summed E-state index contributed by atoms with van der Waals surface area (Å²) in [4.78, 5) is 23.9. The number of carbonyl (C=O) groups excluding carboxylic acids is 1. The first-order chi connectivity index (χ1) is 10.4. The van der Waals surface area contributed by atoms with Gasteiger partial charge in [0, 0.05) is 24.3 Å². The number of nitrogens with zero attached hydrogens (tertiary/aromatic N) is 1. The highest BCUT2D eigenvalue weighted by molar-refractivity contribution is 6.31. The van der Waals surface area contributed by atoms with Gasteiger partial charge in [-0.1, -0.05) is 0 Å². The summed E-state index contributed by atoms with van der Waals surface area (Å²) in [6.45, 7) is 2.86. The zero-order valence-corrected chi connectivity index (χ0v) is 12.3. The third-order valence-corrected chi connectivity index (χ3v) is 3.80. The van der Waals surface area contributed by atoms with Gasteiger partial charge in [-0.05, 0) is 38.0 Å². The van der Waals surface area contributed by atoms with Gasteiger partial charge < -0.3 is 20.4 Å². The van der Waals surface area contributed by atoms with Crippen LogP contribution in [0, 0.1) is 5.82 Å². The predicted octanol–water partition coefficient (Wildman–Crippen LogP) is 1.05. The zero-order valence-electron chi connectivity index (χ0n) is 12.3. The van der Waals surface area contributed by atoms with E-state index in [9.17, 15) is 19.1 Å². The molecule has 0 saturated carbocycles. The molecule has 0 aromatic heterocycles. The standard InChI is InChI=1S/C15H19FN2O4/c1-9(17-14(20)15(21)22)12-8-10(16)2-3-13(12)18-6-4-11(19)5-7-18/h2-3,8-9,11,19H,4-7H2,1H3,(H,17,20)(H,21,22)/t9-/m0/s1. The second kappa shape index (κ2) is 6.74. The van der Waals surface area contributed by atoms with E-state index in [2.05, 4.69) is 5.32 Å². The van der Waals surface area contributed by atoms with Crippen molar-refractivity contribution in [3.8, 4) is 0 Å². The van der Waals surface area contributed by atoms with Crippen LogP contribution in [0.2, 0.25) is 0 Å². The molecule has 1 heterocycles. The molecule has 1 aromatic rings. The summed E-state index contributed by atoms with van der Waals surface area (Å²) in [7, 11) is 0. The SMILES string of the molecule is C[C@H](NC(=O)C(=O)O)c1cc(F)ccc1N1CCC(O)CC1. The Labute approximate surface area is 127 Å². The Balaban J connectivity index is 2.24. The smallest absolute Gasteiger partial charge is 0.394 e. The van der Waals surface area contributed by atoms with Gasteiger partial charge in [0.1, 0.15) is 5.82 Å². The number of aliphatic carboxylic acids is 1. The van der Waals surface area contributed by atoms with E-state index < -0.39 is 23.7 Å². The van der Waals surface area contributed by atoms with Gasteiger partial charge in [0.05, 0.1) is 12.1 Å². The molecular weight excluding hydrogens is 291 g/mol. The lowest BCUT2D eigenvalue weighted by atomic mass is 10.0. The number of anilines is 1.